The van der Waals surface area contributed by atoms with E-state index in [4.69, 9.17) is 5.11 Å². The Morgan fingerprint density at radius 1 is 0.962 bits per heavy atom. The van der Waals surface area contributed by atoms with Crippen molar-refractivity contribution in [2.75, 3.05) is 6.54 Å². The molecule has 1 saturated heterocycles. The van der Waals surface area contributed by atoms with Crippen LogP contribution in [0.15, 0.2) is 48.5 Å². The van der Waals surface area contributed by atoms with Gasteiger partial charge in [0.1, 0.15) is 0 Å². The molecule has 1 fully saturated rings. The summed E-state index contributed by atoms with van der Waals surface area (Å²) in [4.78, 5) is 36.5. The number of benzene rings is 2. The summed E-state index contributed by atoms with van der Waals surface area (Å²) in [6, 6.07) is 13.6. The van der Waals surface area contributed by atoms with E-state index in [9.17, 15) is 14.4 Å². The van der Waals surface area contributed by atoms with Gasteiger partial charge in [-0.1, -0.05) is 24.3 Å². The van der Waals surface area contributed by atoms with E-state index in [1.165, 1.54) is 12.1 Å². The van der Waals surface area contributed by atoms with Crippen LogP contribution in [0.3, 0.4) is 0 Å². The van der Waals surface area contributed by atoms with Crippen molar-refractivity contribution in [2.45, 2.75) is 25.9 Å². The van der Waals surface area contributed by atoms with Gasteiger partial charge in [0.25, 0.3) is 5.91 Å². The molecule has 0 aromatic heterocycles. The minimum Gasteiger partial charge on any atom is -0.478 e. The van der Waals surface area contributed by atoms with Crippen LogP contribution in [0.1, 0.15) is 44.7 Å². The molecule has 1 heterocycles. The Kier molecular flexibility index (Phi) is 5.31. The number of carboxylic acids is 1. The first kappa shape index (κ1) is 17.7. The van der Waals surface area contributed by atoms with Gasteiger partial charge in [0, 0.05) is 31.6 Å². The second kappa shape index (κ2) is 7.82. The molecule has 3 rings (SSSR count). The lowest BCUT2D eigenvalue weighted by Crippen LogP contribution is -2.24. The zero-order valence-electron chi connectivity index (χ0n) is 14.3. The molecule has 0 unspecified atom stereocenters. The number of hydrogen-bond acceptors (Lipinski definition) is 3. The minimum absolute atomic E-state index is 0.181. The van der Waals surface area contributed by atoms with Crippen molar-refractivity contribution in [1.82, 2.24) is 10.2 Å². The van der Waals surface area contributed by atoms with Crippen LogP contribution in [-0.4, -0.2) is 34.3 Å². The van der Waals surface area contributed by atoms with Crippen molar-refractivity contribution in [2.24, 2.45) is 0 Å². The molecule has 0 atom stereocenters. The van der Waals surface area contributed by atoms with Crippen LogP contribution in [0.4, 0.5) is 0 Å². The van der Waals surface area contributed by atoms with Crippen molar-refractivity contribution >= 4 is 17.8 Å². The Morgan fingerprint density at radius 3 is 2.15 bits per heavy atom. The predicted molar refractivity (Wildman–Crippen MR) is 95.7 cm³/mol. The van der Waals surface area contributed by atoms with Crippen LogP contribution in [0.5, 0.6) is 0 Å². The number of rotatable bonds is 6. The maximum absolute atomic E-state index is 12.2. The van der Waals surface area contributed by atoms with Crippen molar-refractivity contribution in [1.29, 1.82) is 0 Å². The van der Waals surface area contributed by atoms with Gasteiger partial charge in [-0.3, -0.25) is 9.59 Å². The predicted octanol–water partition coefficient (Wildman–Crippen LogP) is 2.44. The average molecular weight is 352 g/mol. The maximum Gasteiger partial charge on any atom is 0.335 e. The molecule has 134 valence electrons. The lowest BCUT2D eigenvalue weighted by atomic mass is 10.1. The molecule has 2 aromatic carbocycles. The lowest BCUT2D eigenvalue weighted by molar-refractivity contribution is -0.128. The SMILES string of the molecule is O=C(O)c1ccc(CNC(=O)c2ccc(CN3CCCC3=O)cc2)cc1. The van der Waals surface area contributed by atoms with Gasteiger partial charge in [0.15, 0.2) is 0 Å². The van der Waals surface area contributed by atoms with Crippen LogP contribution in [0.2, 0.25) is 0 Å². The number of carbonyl (C=O) groups is 3. The zero-order valence-corrected chi connectivity index (χ0v) is 14.3. The maximum atomic E-state index is 12.2. The van der Waals surface area contributed by atoms with E-state index in [-0.39, 0.29) is 17.4 Å². The second-order valence-corrected chi connectivity index (χ2v) is 6.30. The van der Waals surface area contributed by atoms with E-state index in [0.717, 1.165) is 24.1 Å². The lowest BCUT2D eigenvalue weighted by Gasteiger charge is -2.15. The summed E-state index contributed by atoms with van der Waals surface area (Å²) in [6.45, 7) is 1.70. The second-order valence-electron chi connectivity index (χ2n) is 6.30. The van der Waals surface area contributed by atoms with E-state index in [1.807, 2.05) is 17.0 Å². The number of nitrogens with zero attached hydrogens (tertiary/aromatic N) is 1. The molecule has 0 aliphatic carbocycles. The van der Waals surface area contributed by atoms with Crippen molar-refractivity contribution in [3.63, 3.8) is 0 Å². The normalized spacial score (nSPS) is 13.7. The number of hydrogen-bond donors (Lipinski definition) is 2. The first-order valence-electron chi connectivity index (χ1n) is 8.50. The largest absolute Gasteiger partial charge is 0.478 e. The van der Waals surface area contributed by atoms with Gasteiger partial charge in [-0.05, 0) is 41.8 Å². The van der Waals surface area contributed by atoms with E-state index < -0.39 is 5.97 Å². The molecule has 0 radical (unpaired) electrons. The van der Waals surface area contributed by atoms with Crippen LogP contribution in [-0.2, 0) is 17.9 Å². The molecule has 2 aromatic rings. The first-order chi connectivity index (χ1) is 12.5. The summed E-state index contributed by atoms with van der Waals surface area (Å²) in [7, 11) is 0. The van der Waals surface area contributed by atoms with Crippen molar-refractivity contribution < 1.29 is 19.5 Å². The topological polar surface area (TPSA) is 86.7 Å². The zero-order chi connectivity index (χ0) is 18.5. The molecule has 1 aliphatic heterocycles. The van der Waals surface area contributed by atoms with E-state index >= 15 is 0 Å². The van der Waals surface area contributed by atoms with Gasteiger partial charge < -0.3 is 15.3 Å². The molecule has 0 spiro atoms. The Balaban J connectivity index is 1.54. The fourth-order valence-electron chi connectivity index (χ4n) is 2.90. The molecule has 0 bridgehead atoms. The molecule has 2 N–H and O–H groups in total. The number of amides is 2. The molecular weight excluding hydrogens is 332 g/mol. The summed E-state index contributed by atoms with van der Waals surface area (Å²) >= 11 is 0. The molecule has 6 nitrogen and oxygen atoms in total. The average Bonchev–Trinajstić information content (AvgIpc) is 3.05. The van der Waals surface area contributed by atoms with E-state index in [2.05, 4.69) is 5.32 Å². The third-order valence-electron chi connectivity index (χ3n) is 4.41. The number of carboxylic acid groups (broad SMARTS) is 1. The quantitative estimate of drug-likeness (QED) is 0.836. The van der Waals surface area contributed by atoms with Gasteiger partial charge in [-0.2, -0.15) is 0 Å². The fourth-order valence-corrected chi connectivity index (χ4v) is 2.90. The molecule has 26 heavy (non-hydrogen) atoms. The molecule has 2 amide bonds. The molecule has 1 aliphatic rings. The summed E-state index contributed by atoms with van der Waals surface area (Å²) in [5, 5.41) is 11.7. The van der Waals surface area contributed by atoms with E-state index in [0.29, 0.717) is 25.1 Å². The third-order valence-corrected chi connectivity index (χ3v) is 4.41. The fraction of sp³-hybridized carbons (Fsp3) is 0.250. The highest BCUT2D eigenvalue weighted by Crippen LogP contribution is 2.15. The van der Waals surface area contributed by atoms with Crippen LogP contribution < -0.4 is 5.32 Å². The standard InChI is InChI=1S/C20H20N2O4/c23-18-2-1-11-22(18)13-15-5-7-16(8-6-15)19(24)21-12-14-3-9-17(10-4-14)20(25)26/h3-10H,1-2,11-13H2,(H,21,24)(H,25,26). The van der Waals surface area contributed by atoms with Gasteiger partial charge in [0.05, 0.1) is 5.56 Å². The van der Waals surface area contributed by atoms with E-state index in [1.54, 1.807) is 24.3 Å². The number of carbonyl (C=O) groups excluding carboxylic acids is 2. The van der Waals surface area contributed by atoms with Gasteiger partial charge >= 0.3 is 5.97 Å². The highest BCUT2D eigenvalue weighted by Gasteiger charge is 2.19. The summed E-state index contributed by atoms with van der Waals surface area (Å²) in [6.07, 6.45) is 1.53. The van der Waals surface area contributed by atoms with Gasteiger partial charge in [0.2, 0.25) is 5.91 Å². The van der Waals surface area contributed by atoms with Gasteiger partial charge in [-0.15, -0.1) is 0 Å². The third kappa shape index (κ3) is 4.27. The summed E-state index contributed by atoms with van der Waals surface area (Å²) in [5.41, 5.74) is 2.59. The summed E-state index contributed by atoms with van der Waals surface area (Å²) in [5.74, 6) is -0.992. The van der Waals surface area contributed by atoms with Crippen LogP contribution >= 0.6 is 0 Å². The molecule has 6 heteroatoms. The first-order valence-corrected chi connectivity index (χ1v) is 8.50. The number of aromatic carboxylic acids is 1. The Morgan fingerprint density at radius 2 is 1.58 bits per heavy atom. The monoisotopic (exact) mass is 352 g/mol. The van der Waals surface area contributed by atoms with Gasteiger partial charge in [-0.25, -0.2) is 4.79 Å². The Labute approximate surface area is 151 Å². The van der Waals surface area contributed by atoms with Crippen LogP contribution in [0.25, 0.3) is 0 Å². The number of likely N-dealkylation sites (tertiary alicyclic amines) is 1. The highest BCUT2D eigenvalue weighted by molar-refractivity contribution is 5.94. The van der Waals surface area contributed by atoms with Crippen LogP contribution in [0, 0.1) is 0 Å². The highest BCUT2D eigenvalue weighted by atomic mass is 16.4. The summed E-state index contributed by atoms with van der Waals surface area (Å²) < 4.78 is 0. The Hall–Kier alpha value is -3.15. The smallest absolute Gasteiger partial charge is 0.335 e. The number of nitrogens with one attached hydrogen (secondary N) is 1. The molecular formula is C20H20N2O4. The van der Waals surface area contributed by atoms with Crippen molar-refractivity contribution in [3.8, 4) is 0 Å². The minimum atomic E-state index is -0.976. The molecule has 0 saturated carbocycles. The van der Waals surface area contributed by atoms with Crippen molar-refractivity contribution in [3.05, 3.63) is 70.8 Å². The Bertz CT molecular complexity index is 813.